The van der Waals surface area contributed by atoms with Crippen LogP contribution in [0.25, 0.3) is 0 Å². The Balaban J connectivity index is 1.94. The van der Waals surface area contributed by atoms with E-state index >= 15 is 0 Å². The Bertz CT molecular complexity index is 617. The normalized spacial score (nSPS) is 10.3. The van der Waals surface area contributed by atoms with E-state index in [9.17, 15) is 9.18 Å². The van der Waals surface area contributed by atoms with E-state index in [1.54, 1.807) is 12.1 Å². The summed E-state index contributed by atoms with van der Waals surface area (Å²) in [6.07, 6.45) is 1.92. The third-order valence-corrected chi connectivity index (χ3v) is 3.00. The highest BCUT2D eigenvalue weighted by molar-refractivity contribution is 6.33. The molecule has 6 heteroatoms. The number of hydrogen-bond acceptors (Lipinski definition) is 3. The highest BCUT2D eigenvalue weighted by Gasteiger charge is 2.08. The zero-order chi connectivity index (χ0) is 14.5. The van der Waals surface area contributed by atoms with Gasteiger partial charge in [0.05, 0.1) is 10.6 Å². The van der Waals surface area contributed by atoms with Crippen LogP contribution in [0.1, 0.15) is 15.9 Å². The van der Waals surface area contributed by atoms with Gasteiger partial charge in [0, 0.05) is 12.7 Å². The Labute approximate surface area is 120 Å². The van der Waals surface area contributed by atoms with Gasteiger partial charge in [0.1, 0.15) is 11.6 Å². The molecule has 104 valence electrons. The van der Waals surface area contributed by atoms with Crippen LogP contribution in [0.2, 0.25) is 5.02 Å². The maximum atomic E-state index is 12.7. The van der Waals surface area contributed by atoms with Crippen LogP contribution in [0.3, 0.4) is 0 Å². The summed E-state index contributed by atoms with van der Waals surface area (Å²) < 4.78 is 12.7. The number of aromatic nitrogens is 1. The molecule has 0 aliphatic carbocycles. The number of benzene rings is 1. The number of anilines is 1. The lowest BCUT2D eigenvalue weighted by Crippen LogP contribution is -2.08. The van der Waals surface area contributed by atoms with Crippen molar-refractivity contribution in [3.8, 4) is 0 Å². The molecule has 0 radical (unpaired) electrons. The predicted octanol–water partition coefficient (Wildman–Crippen LogP) is 3.23. The van der Waals surface area contributed by atoms with Gasteiger partial charge < -0.3 is 10.4 Å². The molecule has 1 heterocycles. The van der Waals surface area contributed by atoms with Crippen molar-refractivity contribution in [3.63, 3.8) is 0 Å². The maximum Gasteiger partial charge on any atom is 0.337 e. The second-order valence-electron chi connectivity index (χ2n) is 4.16. The first-order valence-corrected chi connectivity index (χ1v) is 6.31. The van der Waals surface area contributed by atoms with Crippen LogP contribution >= 0.6 is 11.6 Å². The van der Waals surface area contributed by atoms with Crippen LogP contribution in [0.5, 0.6) is 0 Å². The number of aromatic carboxylic acids is 1. The van der Waals surface area contributed by atoms with Crippen molar-refractivity contribution in [3.05, 3.63) is 58.5 Å². The minimum absolute atomic E-state index is 0.0408. The standard InChI is InChI=1S/C14H12ClFN2O2/c15-12-7-10(14(19)20)8-18-13(12)17-6-5-9-1-3-11(16)4-2-9/h1-4,7-8H,5-6H2,(H,17,18)(H,19,20). The van der Waals surface area contributed by atoms with E-state index in [4.69, 9.17) is 16.7 Å². The Morgan fingerprint density at radius 3 is 2.65 bits per heavy atom. The van der Waals surface area contributed by atoms with Crippen LogP contribution in [0, 0.1) is 5.82 Å². The molecule has 0 unspecified atom stereocenters. The Morgan fingerprint density at radius 2 is 2.05 bits per heavy atom. The lowest BCUT2D eigenvalue weighted by atomic mass is 10.1. The molecule has 0 bridgehead atoms. The second kappa shape index (κ2) is 6.34. The molecular formula is C14H12ClFN2O2. The first-order valence-electron chi connectivity index (χ1n) is 5.93. The zero-order valence-electron chi connectivity index (χ0n) is 10.4. The average Bonchev–Trinajstić information content (AvgIpc) is 2.42. The molecule has 2 rings (SSSR count). The van der Waals surface area contributed by atoms with Crippen molar-refractivity contribution in [2.75, 3.05) is 11.9 Å². The lowest BCUT2D eigenvalue weighted by molar-refractivity contribution is 0.0696. The van der Waals surface area contributed by atoms with Crippen molar-refractivity contribution >= 4 is 23.4 Å². The number of nitrogens with one attached hydrogen (secondary N) is 1. The van der Waals surface area contributed by atoms with Gasteiger partial charge in [-0.05, 0) is 30.2 Å². The van der Waals surface area contributed by atoms with Gasteiger partial charge in [0.15, 0.2) is 0 Å². The topological polar surface area (TPSA) is 62.2 Å². The third kappa shape index (κ3) is 3.68. The summed E-state index contributed by atoms with van der Waals surface area (Å²) in [5.74, 6) is -0.910. The Kier molecular flexibility index (Phi) is 4.53. The highest BCUT2D eigenvalue weighted by atomic mass is 35.5. The SMILES string of the molecule is O=C(O)c1cnc(NCCc2ccc(F)cc2)c(Cl)c1. The zero-order valence-corrected chi connectivity index (χ0v) is 11.2. The molecule has 0 atom stereocenters. The van der Waals surface area contributed by atoms with Gasteiger partial charge in [0.2, 0.25) is 0 Å². The molecule has 0 saturated carbocycles. The van der Waals surface area contributed by atoms with Gasteiger partial charge in [-0.25, -0.2) is 14.2 Å². The summed E-state index contributed by atoms with van der Waals surface area (Å²) in [5.41, 5.74) is 1.02. The van der Waals surface area contributed by atoms with Gasteiger partial charge in [-0.15, -0.1) is 0 Å². The number of carbonyl (C=O) groups is 1. The molecule has 0 saturated heterocycles. The van der Waals surface area contributed by atoms with Crippen LogP contribution in [0.4, 0.5) is 10.2 Å². The fourth-order valence-electron chi connectivity index (χ4n) is 1.66. The molecule has 0 fully saturated rings. The van der Waals surface area contributed by atoms with E-state index in [1.807, 2.05) is 0 Å². The van der Waals surface area contributed by atoms with Gasteiger partial charge in [0.25, 0.3) is 0 Å². The van der Waals surface area contributed by atoms with E-state index in [2.05, 4.69) is 10.3 Å². The minimum Gasteiger partial charge on any atom is -0.478 e. The van der Waals surface area contributed by atoms with Gasteiger partial charge in [-0.1, -0.05) is 23.7 Å². The maximum absolute atomic E-state index is 12.7. The number of carboxylic acid groups (broad SMARTS) is 1. The van der Waals surface area contributed by atoms with E-state index < -0.39 is 5.97 Å². The van der Waals surface area contributed by atoms with E-state index in [1.165, 1.54) is 24.4 Å². The quantitative estimate of drug-likeness (QED) is 0.889. The van der Waals surface area contributed by atoms with Crippen LogP contribution in [0.15, 0.2) is 36.5 Å². The lowest BCUT2D eigenvalue weighted by Gasteiger charge is -2.08. The molecule has 4 nitrogen and oxygen atoms in total. The summed E-state index contributed by atoms with van der Waals surface area (Å²) in [6.45, 7) is 0.560. The van der Waals surface area contributed by atoms with Crippen molar-refractivity contribution in [2.45, 2.75) is 6.42 Å². The summed E-state index contributed by atoms with van der Waals surface area (Å²) in [4.78, 5) is 14.7. The number of carboxylic acids is 1. The predicted molar refractivity (Wildman–Crippen MR) is 74.8 cm³/mol. The molecular weight excluding hydrogens is 283 g/mol. The summed E-state index contributed by atoms with van der Waals surface area (Å²) in [5, 5.41) is 12.1. The van der Waals surface area contributed by atoms with E-state index in [0.29, 0.717) is 18.8 Å². The van der Waals surface area contributed by atoms with Crippen LogP contribution < -0.4 is 5.32 Å². The van der Waals surface area contributed by atoms with Crippen LogP contribution in [-0.2, 0) is 6.42 Å². The largest absolute Gasteiger partial charge is 0.478 e. The summed E-state index contributed by atoms with van der Waals surface area (Å²) >= 11 is 5.94. The molecule has 0 aliphatic heterocycles. The number of halogens is 2. The minimum atomic E-state index is -1.07. The summed E-state index contributed by atoms with van der Waals surface area (Å²) in [6, 6.07) is 7.57. The molecule has 0 spiro atoms. The Hall–Kier alpha value is -2.14. The highest BCUT2D eigenvalue weighted by Crippen LogP contribution is 2.20. The van der Waals surface area contributed by atoms with E-state index in [-0.39, 0.29) is 16.4 Å². The number of pyridine rings is 1. The molecule has 0 amide bonds. The van der Waals surface area contributed by atoms with Crippen molar-refractivity contribution in [1.82, 2.24) is 4.98 Å². The molecule has 1 aromatic heterocycles. The van der Waals surface area contributed by atoms with Gasteiger partial charge in [-0.2, -0.15) is 0 Å². The first-order chi connectivity index (χ1) is 9.56. The molecule has 0 aliphatic rings. The molecule has 2 N–H and O–H groups in total. The van der Waals surface area contributed by atoms with Gasteiger partial charge >= 0.3 is 5.97 Å². The first kappa shape index (κ1) is 14.3. The van der Waals surface area contributed by atoms with Crippen molar-refractivity contribution < 1.29 is 14.3 Å². The fourth-order valence-corrected chi connectivity index (χ4v) is 1.89. The smallest absolute Gasteiger partial charge is 0.337 e. The second-order valence-corrected chi connectivity index (χ2v) is 4.57. The summed E-state index contributed by atoms with van der Waals surface area (Å²) in [7, 11) is 0. The number of hydrogen-bond donors (Lipinski definition) is 2. The average molecular weight is 295 g/mol. The van der Waals surface area contributed by atoms with E-state index in [0.717, 1.165) is 5.56 Å². The number of nitrogens with zero attached hydrogens (tertiary/aromatic N) is 1. The van der Waals surface area contributed by atoms with Gasteiger partial charge in [-0.3, -0.25) is 0 Å². The number of rotatable bonds is 5. The molecule has 2 aromatic rings. The van der Waals surface area contributed by atoms with Crippen LogP contribution in [-0.4, -0.2) is 22.6 Å². The molecule has 20 heavy (non-hydrogen) atoms. The Morgan fingerprint density at radius 1 is 1.35 bits per heavy atom. The monoisotopic (exact) mass is 294 g/mol. The molecule has 1 aromatic carbocycles. The van der Waals surface area contributed by atoms with Crippen molar-refractivity contribution in [2.24, 2.45) is 0 Å². The third-order valence-electron chi connectivity index (χ3n) is 2.71. The fraction of sp³-hybridized carbons (Fsp3) is 0.143. The van der Waals surface area contributed by atoms with Crippen molar-refractivity contribution in [1.29, 1.82) is 0 Å².